The van der Waals surface area contributed by atoms with E-state index in [1.165, 1.54) is 0 Å². The number of hydrogen-bond donors (Lipinski definition) is 3. The summed E-state index contributed by atoms with van der Waals surface area (Å²) in [6.07, 6.45) is 2.03. The summed E-state index contributed by atoms with van der Waals surface area (Å²) in [7, 11) is 0. The van der Waals surface area contributed by atoms with Gasteiger partial charge in [-0.1, -0.05) is 0 Å². The molecule has 0 saturated heterocycles. The van der Waals surface area contributed by atoms with Gasteiger partial charge in [0.05, 0.1) is 11.6 Å². The Morgan fingerprint density at radius 2 is 2.06 bits per heavy atom. The monoisotopic (exact) mass is 215 g/mol. The number of nitrogens with one attached hydrogen (secondary N) is 2. The molecule has 3 N–H and O–H groups in total. The quantitative estimate of drug-likeness (QED) is 0.524. The number of benzene rings is 1. The van der Waals surface area contributed by atoms with Gasteiger partial charge in [0.2, 0.25) is 0 Å². The van der Waals surface area contributed by atoms with E-state index >= 15 is 0 Å². The summed E-state index contributed by atoms with van der Waals surface area (Å²) in [5.74, 6) is -1.15. The second kappa shape index (κ2) is 5.32. The molecule has 0 aliphatic carbocycles. The predicted molar refractivity (Wildman–Crippen MR) is 59.3 cm³/mol. The number of carbonyl (C=O) groups is 1. The highest BCUT2D eigenvalue weighted by Crippen LogP contribution is 2.11. The summed E-state index contributed by atoms with van der Waals surface area (Å²) in [5.41, 5.74) is 0.952. The zero-order chi connectivity index (χ0) is 12.0. The molecule has 0 aliphatic rings. The number of nitriles is 1. The van der Waals surface area contributed by atoms with Crippen molar-refractivity contribution in [2.24, 2.45) is 0 Å². The fourth-order valence-electron chi connectivity index (χ4n) is 1.03. The molecular formula is C11H9N3O2. The second-order valence-corrected chi connectivity index (χ2v) is 2.87. The van der Waals surface area contributed by atoms with Crippen molar-refractivity contribution in [1.82, 2.24) is 0 Å². The minimum Gasteiger partial charge on any atom is -0.477 e. The number of carboxylic acids is 1. The average Bonchev–Trinajstić information content (AvgIpc) is 2.29. The van der Waals surface area contributed by atoms with Gasteiger partial charge < -0.3 is 15.8 Å². The Hall–Kier alpha value is -2.61. The van der Waals surface area contributed by atoms with Gasteiger partial charge in [-0.15, -0.1) is 0 Å². The first kappa shape index (κ1) is 11.5. The maximum atomic E-state index is 10.7. The number of aliphatic carboxylic acids is 1. The molecular weight excluding hydrogens is 206 g/mol. The first-order valence-corrected chi connectivity index (χ1v) is 4.38. The Bertz CT molecular complexity index is 469. The van der Waals surface area contributed by atoms with E-state index in [4.69, 9.17) is 15.8 Å². The van der Waals surface area contributed by atoms with Crippen LogP contribution in [0, 0.1) is 16.7 Å². The molecule has 0 spiro atoms. The molecule has 0 amide bonds. The highest BCUT2D eigenvalue weighted by atomic mass is 16.4. The van der Waals surface area contributed by atoms with Gasteiger partial charge in [0.25, 0.3) is 0 Å². The lowest BCUT2D eigenvalue weighted by molar-refractivity contribution is -0.132. The number of rotatable bonds is 4. The van der Waals surface area contributed by atoms with Crippen molar-refractivity contribution < 1.29 is 9.90 Å². The van der Waals surface area contributed by atoms with Gasteiger partial charge in [0.15, 0.2) is 0 Å². The molecule has 0 fully saturated rings. The molecule has 0 atom stereocenters. The molecule has 1 aromatic rings. The van der Waals surface area contributed by atoms with Crippen LogP contribution in [0.15, 0.2) is 36.0 Å². The van der Waals surface area contributed by atoms with Crippen LogP contribution in [0.1, 0.15) is 5.56 Å². The zero-order valence-electron chi connectivity index (χ0n) is 8.27. The Morgan fingerprint density at radius 1 is 1.44 bits per heavy atom. The summed E-state index contributed by atoms with van der Waals surface area (Å²) >= 11 is 0. The second-order valence-electron chi connectivity index (χ2n) is 2.87. The minimum absolute atomic E-state index is 0.0975. The Labute approximate surface area is 92.2 Å². The maximum Gasteiger partial charge on any atom is 0.352 e. The standard InChI is InChI=1S/C11H9N3O2/c12-6-5-10(11(15)16)14-9-3-1-8(7-13)2-4-9/h1-6,12,14H,(H,15,16)/b10-5-,12-6?. The van der Waals surface area contributed by atoms with Gasteiger partial charge in [0, 0.05) is 11.9 Å². The lowest BCUT2D eigenvalue weighted by Gasteiger charge is -2.05. The summed E-state index contributed by atoms with van der Waals surface area (Å²) in [6.45, 7) is 0. The lowest BCUT2D eigenvalue weighted by Crippen LogP contribution is -2.10. The van der Waals surface area contributed by atoms with E-state index in [2.05, 4.69) is 5.32 Å². The highest BCUT2D eigenvalue weighted by Gasteiger charge is 2.05. The Balaban J connectivity index is 2.87. The fraction of sp³-hybridized carbons (Fsp3) is 0. The minimum atomic E-state index is -1.15. The van der Waals surface area contributed by atoms with Gasteiger partial charge in [-0.25, -0.2) is 4.79 Å². The van der Waals surface area contributed by atoms with Crippen molar-refractivity contribution in [1.29, 1.82) is 10.7 Å². The number of nitrogens with zero attached hydrogens (tertiary/aromatic N) is 1. The smallest absolute Gasteiger partial charge is 0.352 e. The first-order valence-electron chi connectivity index (χ1n) is 4.38. The van der Waals surface area contributed by atoms with E-state index in [0.717, 1.165) is 12.3 Å². The fourth-order valence-corrected chi connectivity index (χ4v) is 1.03. The third-order valence-electron chi connectivity index (χ3n) is 1.77. The van der Waals surface area contributed by atoms with Crippen LogP contribution >= 0.6 is 0 Å². The highest BCUT2D eigenvalue weighted by molar-refractivity contribution is 5.94. The number of allylic oxidation sites excluding steroid dienone is 1. The molecule has 80 valence electrons. The van der Waals surface area contributed by atoms with Crippen molar-refractivity contribution in [3.8, 4) is 6.07 Å². The molecule has 0 bridgehead atoms. The third kappa shape index (κ3) is 2.96. The molecule has 16 heavy (non-hydrogen) atoms. The Morgan fingerprint density at radius 3 is 2.50 bits per heavy atom. The van der Waals surface area contributed by atoms with Gasteiger partial charge >= 0.3 is 5.97 Å². The summed E-state index contributed by atoms with van der Waals surface area (Å²) < 4.78 is 0. The van der Waals surface area contributed by atoms with Crippen molar-refractivity contribution >= 4 is 17.9 Å². The molecule has 0 radical (unpaired) electrons. The van der Waals surface area contributed by atoms with Crippen LogP contribution in [0.25, 0.3) is 0 Å². The average molecular weight is 215 g/mol. The molecule has 1 rings (SSSR count). The first-order chi connectivity index (χ1) is 7.67. The van der Waals surface area contributed by atoms with Crippen molar-refractivity contribution in [2.75, 3.05) is 5.32 Å². The lowest BCUT2D eigenvalue weighted by atomic mass is 10.2. The topological polar surface area (TPSA) is 97.0 Å². The number of carboxylic acid groups (broad SMARTS) is 1. The van der Waals surface area contributed by atoms with E-state index in [9.17, 15) is 4.79 Å². The van der Waals surface area contributed by atoms with Crippen molar-refractivity contribution in [2.45, 2.75) is 0 Å². The van der Waals surface area contributed by atoms with Crippen molar-refractivity contribution in [3.05, 3.63) is 41.6 Å². The largest absolute Gasteiger partial charge is 0.477 e. The van der Waals surface area contributed by atoms with Crippen LogP contribution < -0.4 is 5.32 Å². The van der Waals surface area contributed by atoms with Gasteiger partial charge in [0.1, 0.15) is 5.70 Å². The Kier molecular flexibility index (Phi) is 3.81. The predicted octanol–water partition coefficient (Wildman–Crippen LogP) is 1.59. The van der Waals surface area contributed by atoms with Gasteiger partial charge in [-0.2, -0.15) is 5.26 Å². The molecule has 1 aromatic carbocycles. The molecule has 5 heteroatoms. The van der Waals surface area contributed by atoms with Gasteiger partial charge in [-0.05, 0) is 30.3 Å². The van der Waals surface area contributed by atoms with E-state index in [1.54, 1.807) is 24.3 Å². The van der Waals surface area contributed by atoms with Gasteiger partial charge in [-0.3, -0.25) is 0 Å². The molecule has 0 heterocycles. The summed E-state index contributed by atoms with van der Waals surface area (Å²) in [5, 5.41) is 26.8. The summed E-state index contributed by atoms with van der Waals surface area (Å²) in [6, 6.07) is 8.30. The SMILES string of the molecule is N#Cc1ccc(N/C(=C\C=N)C(=O)O)cc1. The van der Waals surface area contributed by atoms with E-state index in [1.807, 2.05) is 6.07 Å². The number of hydrogen-bond acceptors (Lipinski definition) is 4. The number of anilines is 1. The van der Waals surface area contributed by atoms with Crippen LogP contribution in [-0.2, 0) is 4.79 Å². The van der Waals surface area contributed by atoms with Crippen LogP contribution in [-0.4, -0.2) is 17.3 Å². The van der Waals surface area contributed by atoms with Crippen molar-refractivity contribution in [3.63, 3.8) is 0 Å². The normalized spacial score (nSPS) is 10.3. The van der Waals surface area contributed by atoms with Crippen LogP contribution in [0.5, 0.6) is 0 Å². The van der Waals surface area contributed by atoms with Crippen LogP contribution in [0.4, 0.5) is 5.69 Å². The zero-order valence-corrected chi connectivity index (χ0v) is 8.27. The molecule has 0 aliphatic heterocycles. The van der Waals surface area contributed by atoms with E-state index in [0.29, 0.717) is 11.3 Å². The molecule has 0 unspecified atom stereocenters. The van der Waals surface area contributed by atoms with Crippen LogP contribution in [0.2, 0.25) is 0 Å². The van der Waals surface area contributed by atoms with Crippen LogP contribution in [0.3, 0.4) is 0 Å². The molecule has 5 nitrogen and oxygen atoms in total. The van der Waals surface area contributed by atoms with E-state index in [-0.39, 0.29) is 5.70 Å². The molecule has 0 aromatic heterocycles. The maximum absolute atomic E-state index is 10.7. The molecule has 0 saturated carbocycles. The summed E-state index contributed by atoms with van der Waals surface area (Å²) in [4.78, 5) is 10.7. The van der Waals surface area contributed by atoms with E-state index < -0.39 is 5.97 Å². The third-order valence-corrected chi connectivity index (χ3v) is 1.77.